The predicted octanol–water partition coefficient (Wildman–Crippen LogP) is 1.27. The highest BCUT2D eigenvalue weighted by atomic mass is 35.5. The maximum absolute atomic E-state index is 9.93. The van der Waals surface area contributed by atoms with Crippen LogP contribution < -0.4 is 5.32 Å². The second-order valence-electron chi connectivity index (χ2n) is 1.83. The van der Waals surface area contributed by atoms with Gasteiger partial charge in [0.05, 0.1) is 0 Å². The molecule has 0 aromatic rings. The largest absolute Gasteiger partial charge is 0.465 e. The summed E-state index contributed by atoms with van der Waals surface area (Å²) in [4.78, 5) is 9.93. The number of amides is 1. The summed E-state index contributed by atoms with van der Waals surface area (Å²) >= 11 is 5.35. The molecular formula is C5H10ClNO2. The summed E-state index contributed by atoms with van der Waals surface area (Å²) < 4.78 is 0. The Kier molecular flexibility index (Phi) is 4.22. The van der Waals surface area contributed by atoms with Gasteiger partial charge in [0.2, 0.25) is 0 Å². The lowest BCUT2D eigenvalue weighted by molar-refractivity contribution is 0.190. The highest BCUT2D eigenvalue weighted by molar-refractivity contribution is 6.17. The van der Waals surface area contributed by atoms with E-state index in [0.29, 0.717) is 12.3 Å². The molecule has 0 radical (unpaired) electrons. The molecule has 2 N–H and O–H groups in total. The molecule has 0 bridgehead atoms. The van der Waals surface area contributed by atoms with Crippen molar-refractivity contribution < 1.29 is 9.90 Å². The van der Waals surface area contributed by atoms with Crippen LogP contribution in [0.5, 0.6) is 0 Å². The van der Waals surface area contributed by atoms with Crippen LogP contribution in [0.4, 0.5) is 4.79 Å². The second-order valence-corrected chi connectivity index (χ2v) is 2.21. The van der Waals surface area contributed by atoms with Crippen LogP contribution in [0.3, 0.4) is 0 Å². The van der Waals surface area contributed by atoms with Crippen molar-refractivity contribution in [3.8, 4) is 0 Å². The van der Waals surface area contributed by atoms with Crippen LogP contribution in [0.1, 0.15) is 13.3 Å². The topological polar surface area (TPSA) is 49.3 Å². The summed E-state index contributed by atoms with van der Waals surface area (Å²) in [6.45, 7) is 1.77. The smallest absolute Gasteiger partial charge is 0.404 e. The second kappa shape index (κ2) is 4.44. The van der Waals surface area contributed by atoms with Crippen LogP contribution in [0.2, 0.25) is 0 Å². The number of carbonyl (C=O) groups is 1. The number of halogens is 1. The van der Waals surface area contributed by atoms with Gasteiger partial charge < -0.3 is 10.4 Å². The van der Waals surface area contributed by atoms with Gasteiger partial charge >= 0.3 is 6.09 Å². The van der Waals surface area contributed by atoms with Crippen LogP contribution in [-0.2, 0) is 0 Å². The van der Waals surface area contributed by atoms with Gasteiger partial charge in [0.15, 0.2) is 0 Å². The van der Waals surface area contributed by atoms with Crippen molar-refractivity contribution in [2.45, 2.75) is 19.4 Å². The average Bonchev–Trinajstić information content (AvgIpc) is 1.63. The van der Waals surface area contributed by atoms with Gasteiger partial charge in [-0.25, -0.2) is 4.79 Å². The first-order valence-electron chi connectivity index (χ1n) is 2.72. The van der Waals surface area contributed by atoms with Gasteiger partial charge in [-0.2, -0.15) is 0 Å². The minimum absolute atomic E-state index is 0.0417. The zero-order valence-corrected chi connectivity index (χ0v) is 5.98. The fourth-order valence-corrected chi connectivity index (χ4v) is 0.774. The molecule has 9 heavy (non-hydrogen) atoms. The summed E-state index contributed by atoms with van der Waals surface area (Å²) in [5.41, 5.74) is 0. The van der Waals surface area contributed by atoms with Gasteiger partial charge in [-0.3, -0.25) is 0 Å². The molecule has 0 aromatic heterocycles. The maximum Gasteiger partial charge on any atom is 0.404 e. The Morgan fingerprint density at radius 3 is 2.78 bits per heavy atom. The lowest BCUT2D eigenvalue weighted by atomic mass is 10.3. The van der Waals surface area contributed by atoms with Gasteiger partial charge in [0, 0.05) is 11.9 Å². The Bertz CT molecular complexity index is 97.0. The molecule has 0 aromatic carbocycles. The number of nitrogens with one attached hydrogen (secondary N) is 1. The van der Waals surface area contributed by atoms with Crippen LogP contribution in [-0.4, -0.2) is 23.1 Å². The highest BCUT2D eigenvalue weighted by Gasteiger charge is 2.02. The lowest BCUT2D eigenvalue weighted by Crippen LogP contribution is -2.31. The van der Waals surface area contributed by atoms with Crippen LogP contribution in [0.15, 0.2) is 0 Å². The average molecular weight is 152 g/mol. The Balaban J connectivity index is 3.26. The molecule has 4 heteroatoms. The van der Waals surface area contributed by atoms with Crippen molar-refractivity contribution >= 4 is 17.7 Å². The SMILES string of the molecule is CC(CCCl)NC(=O)O. The van der Waals surface area contributed by atoms with E-state index < -0.39 is 6.09 Å². The number of carboxylic acid groups (broad SMARTS) is 1. The molecule has 1 amide bonds. The first kappa shape index (κ1) is 8.56. The van der Waals surface area contributed by atoms with E-state index in [1.807, 2.05) is 0 Å². The molecule has 0 heterocycles. The van der Waals surface area contributed by atoms with E-state index >= 15 is 0 Å². The number of hydrogen-bond donors (Lipinski definition) is 2. The molecule has 3 nitrogen and oxygen atoms in total. The van der Waals surface area contributed by atoms with Crippen molar-refractivity contribution in [2.75, 3.05) is 5.88 Å². The van der Waals surface area contributed by atoms with Gasteiger partial charge in [-0.05, 0) is 13.3 Å². The molecule has 0 aliphatic heterocycles. The van der Waals surface area contributed by atoms with Gasteiger partial charge in [0.25, 0.3) is 0 Å². The molecular weight excluding hydrogens is 142 g/mol. The molecule has 0 saturated heterocycles. The zero-order chi connectivity index (χ0) is 7.28. The minimum atomic E-state index is -0.993. The van der Waals surface area contributed by atoms with E-state index in [9.17, 15) is 4.79 Å². The third-order valence-electron chi connectivity index (χ3n) is 0.912. The van der Waals surface area contributed by atoms with E-state index in [1.54, 1.807) is 6.92 Å². The number of rotatable bonds is 3. The fourth-order valence-electron chi connectivity index (χ4n) is 0.447. The third-order valence-corrected chi connectivity index (χ3v) is 1.13. The van der Waals surface area contributed by atoms with Gasteiger partial charge in [0.1, 0.15) is 0 Å². The molecule has 0 saturated carbocycles. The maximum atomic E-state index is 9.93. The lowest BCUT2D eigenvalue weighted by Gasteiger charge is -2.07. The third kappa shape index (κ3) is 5.43. The summed E-state index contributed by atoms with van der Waals surface area (Å²) in [5, 5.41) is 10.4. The molecule has 0 aliphatic rings. The zero-order valence-electron chi connectivity index (χ0n) is 5.22. The number of alkyl halides is 1. The van der Waals surface area contributed by atoms with E-state index in [2.05, 4.69) is 5.32 Å². The Morgan fingerprint density at radius 1 is 1.89 bits per heavy atom. The molecule has 0 aliphatic carbocycles. The van der Waals surface area contributed by atoms with Gasteiger partial charge in [-0.1, -0.05) is 0 Å². The fraction of sp³-hybridized carbons (Fsp3) is 0.800. The van der Waals surface area contributed by atoms with Crippen LogP contribution in [0.25, 0.3) is 0 Å². The first-order chi connectivity index (χ1) is 4.16. The van der Waals surface area contributed by atoms with E-state index in [0.717, 1.165) is 0 Å². The highest BCUT2D eigenvalue weighted by Crippen LogP contribution is 1.91. The van der Waals surface area contributed by atoms with Crippen LogP contribution >= 0.6 is 11.6 Å². The summed E-state index contributed by atoms with van der Waals surface area (Å²) in [5.74, 6) is 0.488. The van der Waals surface area contributed by atoms with E-state index in [-0.39, 0.29) is 6.04 Å². The molecule has 1 atom stereocenters. The van der Waals surface area contributed by atoms with Crippen molar-refractivity contribution in [2.24, 2.45) is 0 Å². The first-order valence-corrected chi connectivity index (χ1v) is 3.25. The molecule has 0 spiro atoms. The molecule has 0 fully saturated rings. The molecule has 54 valence electrons. The standard InChI is InChI=1S/C5H10ClNO2/c1-4(2-3-6)7-5(8)9/h4,7H,2-3H2,1H3,(H,8,9). The quantitative estimate of drug-likeness (QED) is 0.597. The van der Waals surface area contributed by atoms with E-state index in [4.69, 9.17) is 16.7 Å². The minimum Gasteiger partial charge on any atom is -0.465 e. The molecule has 1 unspecified atom stereocenters. The van der Waals surface area contributed by atoms with Crippen molar-refractivity contribution in [1.29, 1.82) is 0 Å². The Hall–Kier alpha value is -0.440. The van der Waals surface area contributed by atoms with Crippen LogP contribution in [0, 0.1) is 0 Å². The summed E-state index contributed by atoms with van der Waals surface area (Å²) in [7, 11) is 0. The van der Waals surface area contributed by atoms with E-state index in [1.165, 1.54) is 0 Å². The van der Waals surface area contributed by atoms with Crippen molar-refractivity contribution in [1.82, 2.24) is 5.32 Å². The summed E-state index contributed by atoms with van der Waals surface area (Å²) in [6, 6.07) is -0.0417. The monoisotopic (exact) mass is 151 g/mol. The Labute approximate surface area is 59.0 Å². The predicted molar refractivity (Wildman–Crippen MR) is 36.0 cm³/mol. The molecule has 0 rings (SSSR count). The van der Waals surface area contributed by atoms with Crippen molar-refractivity contribution in [3.63, 3.8) is 0 Å². The summed E-state index contributed by atoms with van der Waals surface area (Å²) in [6.07, 6.45) is -0.318. The van der Waals surface area contributed by atoms with Gasteiger partial charge in [-0.15, -0.1) is 11.6 Å². The Morgan fingerprint density at radius 2 is 2.44 bits per heavy atom. The normalized spacial score (nSPS) is 12.7. The number of hydrogen-bond acceptors (Lipinski definition) is 1. The van der Waals surface area contributed by atoms with Crippen molar-refractivity contribution in [3.05, 3.63) is 0 Å².